The Labute approximate surface area is 122 Å². The second kappa shape index (κ2) is 7.39. The monoisotopic (exact) mass is 280 g/mol. The van der Waals surface area contributed by atoms with Crippen LogP contribution in [0.5, 0.6) is 0 Å². The van der Waals surface area contributed by atoms with Crippen LogP contribution in [-0.4, -0.2) is 34.1 Å². The number of unbranched alkanes of at least 4 members (excludes halogenated alkanes) is 2. The Balaban J connectivity index is 1.86. The SMILES string of the molecule is CCCCC[C@H](O)/C=C/[C@@H]1[C@H]2CC(CO)=C[C@H]2C[C@H]1O. The Morgan fingerprint density at radius 1 is 1.40 bits per heavy atom. The molecule has 0 aromatic rings. The fraction of sp³-hybridized carbons (Fsp3) is 0.765. The minimum atomic E-state index is -0.389. The van der Waals surface area contributed by atoms with Gasteiger partial charge in [0.15, 0.2) is 0 Å². The Hall–Kier alpha value is -0.640. The number of rotatable bonds is 7. The minimum absolute atomic E-state index is 0.126. The van der Waals surface area contributed by atoms with E-state index >= 15 is 0 Å². The van der Waals surface area contributed by atoms with Gasteiger partial charge in [-0.25, -0.2) is 0 Å². The highest BCUT2D eigenvalue weighted by Crippen LogP contribution is 2.47. The third kappa shape index (κ3) is 3.72. The van der Waals surface area contributed by atoms with Gasteiger partial charge in [-0.05, 0) is 36.7 Å². The third-order valence-corrected chi connectivity index (χ3v) is 4.81. The molecule has 2 aliphatic carbocycles. The maximum absolute atomic E-state index is 10.2. The summed E-state index contributed by atoms with van der Waals surface area (Å²) in [6.07, 6.45) is 11.2. The van der Waals surface area contributed by atoms with Gasteiger partial charge >= 0.3 is 0 Å². The van der Waals surface area contributed by atoms with Crippen molar-refractivity contribution in [2.45, 2.75) is 57.7 Å². The Morgan fingerprint density at radius 3 is 2.90 bits per heavy atom. The number of fused-ring (bicyclic) bond motifs is 1. The van der Waals surface area contributed by atoms with E-state index < -0.39 is 0 Å². The second-order valence-electron chi connectivity index (χ2n) is 6.34. The van der Waals surface area contributed by atoms with Gasteiger partial charge in [-0.2, -0.15) is 0 Å². The molecule has 0 saturated heterocycles. The second-order valence-corrected chi connectivity index (χ2v) is 6.34. The van der Waals surface area contributed by atoms with E-state index in [1.54, 1.807) is 0 Å². The van der Waals surface area contributed by atoms with Gasteiger partial charge in [0, 0.05) is 5.92 Å². The lowest BCUT2D eigenvalue weighted by atomic mass is 9.89. The molecule has 0 spiro atoms. The molecule has 1 saturated carbocycles. The van der Waals surface area contributed by atoms with E-state index in [-0.39, 0.29) is 24.7 Å². The molecule has 20 heavy (non-hydrogen) atoms. The normalized spacial score (nSPS) is 34.5. The van der Waals surface area contributed by atoms with Crippen molar-refractivity contribution in [2.75, 3.05) is 6.61 Å². The number of hydrogen-bond acceptors (Lipinski definition) is 3. The summed E-state index contributed by atoms with van der Waals surface area (Å²) in [5.41, 5.74) is 1.11. The quantitative estimate of drug-likeness (QED) is 0.496. The van der Waals surface area contributed by atoms with Gasteiger partial charge in [0.1, 0.15) is 0 Å². The van der Waals surface area contributed by atoms with Crippen LogP contribution in [0.4, 0.5) is 0 Å². The first-order chi connectivity index (χ1) is 9.65. The maximum Gasteiger partial charge on any atom is 0.0721 e. The largest absolute Gasteiger partial charge is 0.392 e. The average Bonchev–Trinajstić information content (AvgIpc) is 2.93. The fourth-order valence-corrected chi connectivity index (χ4v) is 3.68. The number of hydrogen-bond donors (Lipinski definition) is 3. The molecule has 0 unspecified atom stereocenters. The van der Waals surface area contributed by atoms with Crippen LogP contribution < -0.4 is 0 Å². The Kier molecular flexibility index (Phi) is 5.82. The predicted molar refractivity (Wildman–Crippen MR) is 80.2 cm³/mol. The summed E-state index contributed by atoms with van der Waals surface area (Å²) in [5, 5.41) is 29.3. The summed E-state index contributed by atoms with van der Waals surface area (Å²) in [6, 6.07) is 0. The zero-order valence-electron chi connectivity index (χ0n) is 12.4. The van der Waals surface area contributed by atoms with E-state index in [1.165, 1.54) is 0 Å². The summed E-state index contributed by atoms with van der Waals surface area (Å²) in [5.74, 6) is 0.936. The zero-order valence-corrected chi connectivity index (χ0v) is 12.4. The summed E-state index contributed by atoms with van der Waals surface area (Å²) >= 11 is 0. The van der Waals surface area contributed by atoms with E-state index in [9.17, 15) is 15.3 Å². The molecule has 3 heteroatoms. The molecule has 3 N–H and O–H groups in total. The predicted octanol–water partition coefficient (Wildman–Crippen LogP) is 2.42. The lowest BCUT2D eigenvalue weighted by molar-refractivity contribution is 0.139. The van der Waals surface area contributed by atoms with Crippen molar-refractivity contribution in [1.29, 1.82) is 0 Å². The van der Waals surface area contributed by atoms with Gasteiger partial charge in [0.25, 0.3) is 0 Å². The third-order valence-electron chi connectivity index (χ3n) is 4.81. The van der Waals surface area contributed by atoms with Gasteiger partial charge in [-0.3, -0.25) is 0 Å². The minimum Gasteiger partial charge on any atom is -0.392 e. The van der Waals surface area contributed by atoms with Crippen LogP contribution in [0.2, 0.25) is 0 Å². The molecule has 114 valence electrons. The molecule has 0 heterocycles. The van der Waals surface area contributed by atoms with Crippen molar-refractivity contribution >= 4 is 0 Å². The van der Waals surface area contributed by atoms with Crippen LogP contribution in [0.1, 0.15) is 45.4 Å². The first-order valence-corrected chi connectivity index (χ1v) is 8.00. The summed E-state index contributed by atoms with van der Waals surface area (Å²) in [7, 11) is 0. The number of aliphatic hydroxyl groups excluding tert-OH is 3. The summed E-state index contributed by atoms with van der Waals surface area (Å²) in [6.45, 7) is 2.29. The van der Waals surface area contributed by atoms with Crippen LogP contribution in [-0.2, 0) is 0 Å². The van der Waals surface area contributed by atoms with E-state index in [0.29, 0.717) is 11.8 Å². The van der Waals surface area contributed by atoms with Gasteiger partial charge in [-0.15, -0.1) is 0 Å². The standard InChI is InChI=1S/C17H28O3/c1-2-3-4-5-14(19)6-7-15-16-9-12(11-18)8-13(16)10-17(15)20/h6-8,13-20H,2-5,9-11H2,1H3/b7-6+/t13-,14-,15+,16-,17+/m0/s1. The highest BCUT2D eigenvalue weighted by molar-refractivity contribution is 5.21. The first-order valence-electron chi connectivity index (χ1n) is 8.00. The van der Waals surface area contributed by atoms with Crippen molar-refractivity contribution in [2.24, 2.45) is 17.8 Å². The lowest BCUT2D eigenvalue weighted by Gasteiger charge is -2.18. The van der Waals surface area contributed by atoms with E-state index in [1.807, 2.05) is 12.2 Å². The van der Waals surface area contributed by atoms with Gasteiger partial charge in [0.05, 0.1) is 18.8 Å². The first kappa shape index (κ1) is 15.7. The highest BCUT2D eigenvalue weighted by atomic mass is 16.3. The topological polar surface area (TPSA) is 60.7 Å². The van der Waals surface area contributed by atoms with Gasteiger partial charge in [-0.1, -0.05) is 44.4 Å². The van der Waals surface area contributed by atoms with Crippen molar-refractivity contribution in [1.82, 2.24) is 0 Å². The molecule has 0 bridgehead atoms. The molecule has 5 atom stereocenters. The molecular formula is C17H28O3. The van der Waals surface area contributed by atoms with Gasteiger partial charge in [0.2, 0.25) is 0 Å². The van der Waals surface area contributed by atoms with Crippen LogP contribution >= 0.6 is 0 Å². The van der Waals surface area contributed by atoms with E-state index in [0.717, 1.165) is 44.1 Å². The van der Waals surface area contributed by atoms with E-state index in [4.69, 9.17) is 0 Å². The van der Waals surface area contributed by atoms with Crippen LogP contribution in [0.15, 0.2) is 23.8 Å². The smallest absolute Gasteiger partial charge is 0.0721 e. The zero-order chi connectivity index (χ0) is 14.5. The van der Waals surface area contributed by atoms with Crippen LogP contribution in [0.25, 0.3) is 0 Å². The molecule has 0 aromatic heterocycles. The molecule has 0 amide bonds. The Morgan fingerprint density at radius 2 is 2.20 bits per heavy atom. The molecule has 0 aliphatic heterocycles. The van der Waals surface area contributed by atoms with E-state index in [2.05, 4.69) is 13.0 Å². The molecule has 2 aliphatic rings. The van der Waals surface area contributed by atoms with Crippen molar-refractivity contribution in [3.63, 3.8) is 0 Å². The fourth-order valence-electron chi connectivity index (χ4n) is 3.68. The van der Waals surface area contributed by atoms with Crippen molar-refractivity contribution in [3.05, 3.63) is 23.8 Å². The van der Waals surface area contributed by atoms with Gasteiger partial charge < -0.3 is 15.3 Å². The van der Waals surface area contributed by atoms with Crippen molar-refractivity contribution < 1.29 is 15.3 Å². The highest BCUT2D eigenvalue weighted by Gasteiger charge is 2.43. The molecule has 0 aromatic carbocycles. The number of allylic oxidation sites excluding steroid dienone is 1. The lowest BCUT2D eigenvalue weighted by Crippen LogP contribution is -2.18. The molecule has 1 fully saturated rings. The summed E-state index contributed by atoms with van der Waals surface area (Å²) in [4.78, 5) is 0. The van der Waals surface area contributed by atoms with Crippen LogP contribution in [0, 0.1) is 17.8 Å². The molecule has 3 nitrogen and oxygen atoms in total. The van der Waals surface area contributed by atoms with Crippen molar-refractivity contribution in [3.8, 4) is 0 Å². The average molecular weight is 280 g/mol. The molecule has 2 rings (SSSR count). The maximum atomic E-state index is 10.2. The Bertz CT molecular complexity index is 361. The van der Waals surface area contributed by atoms with Crippen LogP contribution in [0.3, 0.4) is 0 Å². The molecular weight excluding hydrogens is 252 g/mol. The molecule has 0 radical (unpaired) electrons. The number of aliphatic hydroxyl groups is 3. The summed E-state index contributed by atoms with van der Waals surface area (Å²) < 4.78 is 0.